The van der Waals surface area contributed by atoms with Crippen LogP contribution in [0.2, 0.25) is 0 Å². The number of hydrogen-bond acceptors (Lipinski definition) is 8. The minimum absolute atomic E-state index is 0.164. The molecule has 10 heteroatoms. The molecule has 2 aliphatic rings. The van der Waals surface area contributed by atoms with Gasteiger partial charge >= 0.3 is 5.97 Å². The molecule has 8 nitrogen and oxygen atoms in total. The Balaban J connectivity index is 1.13. The molecule has 1 aromatic heterocycles. The molecule has 0 aliphatic carbocycles. The second kappa shape index (κ2) is 10.7. The maximum absolute atomic E-state index is 13.2. The van der Waals surface area contributed by atoms with E-state index in [0.29, 0.717) is 25.3 Å². The van der Waals surface area contributed by atoms with E-state index in [-0.39, 0.29) is 10.5 Å². The van der Waals surface area contributed by atoms with Crippen LogP contribution in [0.5, 0.6) is 5.75 Å². The zero-order valence-corrected chi connectivity index (χ0v) is 23.4. The third-order valence-electron chi connectivity index (χ3n) is 7.47. The van der Waals surface area contributed by atoms with E-state index in [2.05, 4.69) is 16.7 Å². The standard InChI is InChI=1S/C29H30N4O4S2/c1-2-31-15-17-32(18-16-31)29-30-26-12-9-24(19-27(26)38-29)37-28(34)22-7-10-25(11-8-22)39(35,36)33-14-13-21-5-3-4-6-23(21)20-33/h3-12,19H,2,13-18,20H2,1H3. The molecule has 0 atom stereocenters. The van der Waals surface area contributed by atoms with Crippen LogP contribution in [-0.2, 0) is 23.0 Å². The van der Waals surface area contributed by atoms with Gasteiger partial charge in [-0.2, -0.15) is 4.31 Å². The fourth-order valence-electron chi connectivity index (χ4n) is 5.10. The zero-order valence-electron chi connectivity index (χ0n) is 21.7. The summed E-state index contributed by atoms with van der Waals surface area (Å²) in [6.07, 6.45) is 0.681. The van der Waals surface area contributed by atoms with Gasteiger partial charge in [0.2, 0.25) is 10.0 Å². The number of piperazine rings is 1. The Morgan fingerprint density at radius 3 is 2.44 bits per heavy atom. The van der Waals surface area contributed by atoms with E-state index < -0.39 is 16.0 Å². The Hall–Kier alpha value is -3.31. The van der Waals surface area contributed by atoms with Crippen molar-refractivity contribution in [3.63, 3.8) is 0 Å². The number of sulfonamides is 1. The number of likely N-dealkylation sites (N-methyl/N-ethyl adjacent to an activating group) is 1. The van der Waals surface area contributed by atoms with Crippen molar-refractivity contribution < 1.29 is 17.9 Å². The number of carbonyl (C=O) groups is 1. The Labute approximate surface area is 232 Å². The molecule has 0 radical (unpaired) electrons. The molecule has 3 heterocycles. The topological polar surface area (TPSA) is 83.0 Å². The van der Waals surface area contributed by atoms with Gasteiger partial charge in [-0.25, -0.2) is 18.2 Å². The van der Waals surface area contributed by atoms with Crippen LogP contribution in [0.15, 0.2) is 71.6 Å². The molecule has 2 aliphatic heterocycles. The van der Waals surface area contributed by atoms with E-state index in [1.165, 1.54) is 34.1 Å². The highest BCUT2D eigenvalue weighted by Gasteiger charge is 2.28. The average Bonchev–Trinajstić information content (AvgIpc) is 3.40. The van der Waals surface area contributed by atoms with Crippen LogP contribution in [0.3, 0.4) is 0 Å². The summed E-state index contributed by atoms with van der Waals surface area (Å²) < 4.78 is 34.6. The monoisotopic (exact) mass is 562 g/mol. The second-order valence-corrected chi connectivity index (χ2v) is 12.8. The molecule has 0 amide bonds. The van der Waals surface area contributed by atoms with Crippen LogP contribution in [0.25, 0.3) is 10.2 Å². The fraction of sp³-hybridized carbons (Fsp3) is 0.310. The normalized spacial score (nSPS) is 16.8. The molecule has 0 spiro atoms. The lowest BCUT2D eigenvalue weighted by Gasteiger charge is -2.33. The van der Waals surface area contributed by atoms with Crippen LogP contribution in [0.4, 0.5) is 5.13 Å². The van der Waals surface area contributed by atoms with E-state index >= 15 is 0 Å². The van der Waals surface area contributed by atoms with Gasteiger partial charge < -0.3 is 14.5 Å². The Kier molecular flexibility index (Phi) is 7.11. The number of nitrogens with zero attached hydrogens (tertiary/aromatic N) is 4. The summed E-state index contributed by atoms with van der Waals surface area (Å²) in [6.45, 7) is 7.98. The third-order valence-corrected chi connectivity index (χ3v) is 10.4. The van der Waals surface area contributed by atoms with Crippen LogP contribution in [0, 0.1) is 0 Å². The van der Waals surface area contributed by atoms with Crippen molar-refractivity contribution >= 4 is 42.7 Å². The number of thiazole rings is 1. The van der Waals surface area contributed by atoms with Crippen LogP contribution in [0.1, 0.15) is 28.4 Å². The Morgan fingerprint density at radius 1 is 0.949 bits per heavy atom. The number of ether oxygens (including phenoxy) is 1. The summed E-state index contributed by atoms with van der Waals surface area (Å²) in [5.41, 5.74) is 3.38. The molecule has 39 heavy (non-hydrogen) atoms. The Morgan fingerprint density at radius 2 is 1.69 bits per heavy atom. The summed E-state index contributed by atoms with van der Waals surface area (Å²) in [5, 5.41) is 0.984. The molecule has 4 aromatic rings. The number of benzene rings is 3. The first-order valence-electron chi connectivity index (χ1n) is 13.2. The first-order valence-corrected chi connectivity index (χ1v) is 15.4. The van der Waals surface area contributed by atoms with E-state index in [1.807, 2.05) is 36.4 Å². The highest BCUT2D eigenvalue weighted by Crippen LogP contribution is 2.32. The summed E-state index contributed by atoms with van der Waals surface area (Å²) in [5.74, 6) is -0.104. The summed E-state index contributed by atoms with van der Waals surface area (Å²) in [4.78, 5) is 22.5. The van der Waals surface area contributed by atoms with Crippen molar-refractivity contribution in [3.8, 4) is 5.75 Å². The first kappa shape index (κ1) is 25.9. The maximum atomic E-state index is 13.2. The number of carbonyl (C=O) groups excluding carboxylic acids is 1. The maximum Gasteiger partial charge on any atom is 0.343 e. The van der Waals surface area contributed by atoms with E-state index in [9.17, 15) is 13.2 Å². The van der Waals surface area contributed by atoms with Gasteiger partial charge in [-0.05, 0) is 60.5 Å². The predicted octanol–water partition coefficient (Wildman–Crippen LogP) is 4.40. The minimum Gasteiger partial charge on any atom is -0.423 e. The number of fused-ring (bicyclic) bond motifs is 2. The lowest BCUT2D eigenvalue weighted by molar-refractivity contribution is 0.0735. The lowest BCUT2D eigenvalue weighted by atomic mass is 10.0. The van der Waals surface area contributed by atoms with Crippen molar-refractivity contribution in [2.45, 2.75) is 24.8 Å². The lowest BCUT2D eigenvalue weighted by Crippen LogP contribution is -2.46. The molecule has 0 unspecified atom stereocenters. The van der Waals surface area contributed by atoms with Crippen LogP contribution < -0.4 is 9.64 Å². The number of aromatic nitrogens is 1. The quantitative estimate of drug-likeness (QED) is 0.254. The molecule has 3 aromatic carbocycles. The van der Waals surface area contributed by atoms with Gasteiger partial charge in [-0.1, -0.05) is 42.5 Å². The fourth-order valence-corrected chi connectivity index (χ4v) is 7.56. The first-order chi connectivity index (χ1) is 18.9. The number of rotatable bonds is 6. The molecular formula is C29H30N4O4S2. The predicted molar refractivity (Wildman–Crippen MR) is 153 cm³/mol. The third kappa shape index (κ3) is 5.29. The van der Waals surface area contributed by atoms with E-state index in [0.717, 1.165) is 53.6 Å². The summed E-state index contributed by atoms with van der Waals surface area (Å²) in [7, 11) is -3.67. The van der Waals surface area contributed by atoms with E-state index in [4.69, 9.17) is 9.72 Å². The minimum atomic E-state index is -3.67. The molecule has 0 N–H and O–H groups in total. The van der Waals surface area contributed by atoms with Gasteiger partial charge in [-0.15, -0.1) is 0 Å². The Bertz CT molecular complexity index is 1610. The average molecular weight is 563 g/mol. The molecule has 6 rings (SSSR count). The molecule has 1 saturated heterocycles. The SMILES string of the molecule is CCN1CCN(c2nc3ccc(OC(=O)c4ccc(S(=O)(=O)N5CCc6ccccc6C5)cc4)cc3s2)CC1. The summed E-state index contributed by atoms with van der Waals surface area (Å²) >= 11 is 1.60. The van der Waals surface area contributed by atoms with Gasteiger partial charge in [-0.3, -0.25) is 0 Å². The van der Waals surface area contributed by atoms with Gasteiger partial charge in [0.05, 0.1) is 20.7 Å². The van der Waals surface area contributed by atoms with Gasteiger partial charge in [0, 0.05) is 45.3 Å². The van der Waals surface area contributed by atoms with Gasteiger partial charge in [0.25, 0.3) is 0 Å². The molecule has 0 saturated carbocycles. The van der Waals surface area contributed by atoms with Gasteiger partial charge in [0.15, 0.2) is 5.13 Å². The number of hydrogen-bond donors (Lipinski definition) is 0. The highest BCUT2D eigenvalue weighted by molar-refractivity contribution is 7.89. The number of anilines is 1. The number of esters is 1. The van der Waals surface area contributed by atoms with Crippen molar-refractivity contribution in [3.05, 3.63) is 83.4 Å². The van der Waals surface area contributed by atoms with E-state index in [1.54, 1.807) is 17.4 Å². The molecule has 1 fully saturated rings. The highest BCUT2D eigenvalue weighted by atomic mass is 32.2. The molecule has 202 valence electrons. The zero-order chi connectivity index (χ0) is 27.0. The van der Waals surface area contributed by atoms with Crippen LogP contribution in [-0.4, -0.2) is 67.8 Å². The molecular weight excluding hydrogens is 532 g/mol. The van der Waals surface area contributed by atoms with Crippen LogP contribution >= 0.6 is 11.3 Å². The van der Waals surface area contributed by atoms with Crippen molar-refractivity contribution in [1.82, 2.24) is 14.2 Å². The van der Waals surface area contributed by atoms with Gasteiger partial charge in [0.1, 0.15) is 5.75 Å². The smallest absolute Gasteiger partial charge is 0.343 e. The largest absolute Gasteiger partial charge is 0.423 e. The summed E-state index contributed by atoms with van der Waals surface area (Å²) in [6, 6.07) is 19.3. The van der Waals surface area contributed by atoms with Crippen molar-refractivity contribution in [2.75, 3.05) is 44.2 Å². The van der Waals surface area contributed by atoms with Crippen molar-refractivity contribution in [2.24, 2.45) is 0 Å². The second-order valence-electron chi connectivity index (χ2n) is 9.82. The molecule has 0 bridgehead atoms. The van der Waals surface area contributed by atoms with Crippen molar-refractivity contribution in [1.29, 1.82) is 0 Å².